The maximum atomic E-state index is 12.3. The Morgan fingerprint density at radius 2 is 1.46 bits per heavy atom. The zero-order chi connectivity index (χ0) is 18.5. The Bertz CT molecular complexity index is 935. The highest BCUT2D eigenvalue weighted by molar-refractivity contribution is 5.95. The number of rotatable bonds is 5. The van der Waals surface area contributed by atoms with E-state index in [9.17, 15) is 9.59 Å². The average molecular weight is 347 g/mol. The summed E-state index contributed by atoms with van der Waals surface area (Å²) in [5.74, 6) is -0.230. The second kappa shape index (κ2) is 7.70. The summed E-state index contributed by atoms with van der Waals surface area (Å²) in [6, 6.07) is 21.3. The normalized spacial score (nSPS) is 10.4. The van der Waals surface area contributed by atoms with E-state index in [2.05, 4.69) is 34.9 Å². The molecule has 2 amide bonds. The van der Waals surface area contributed by atoms with Crippen molar-refractivity contribution in [3.8, 4) is 0 Å². The first-order valence-electron chi connectivity index (χ1n) is 8.39. The van der Waals surface area contributed by atoms with E-state index in [1.807, 2.05) is 30.1 Å². The first kappa shape index (κ1) is 17.5. The zero-order valence-corrected chi connectivity index (χ0v) is 14.8. The van der Waals surface area contributed by atoms with Crippen molar-refractivity contribution in [1.82, 2.24) is 0 Å². The third-order valence-electron chi connectivity index (χ3n) is 4.04. The predicted molar refractivity (Wildman–Crippen MR) is 107 cm³/mol. The number of amides is 2. The molecule has 0 bridgehead atoms. The van der Waals surface area contributed by atoms with Gasteiger partial charge >= 0.3 is 0 Å². The molecule has 3 rings (SSSR count). The molecular weight excluding hydrogens is 326 g/mol. The second-order valence-corrected chi connectivity index (χ2v) is 6.19. The minimum atomic E-state index is -0.126. The highest BCUT2D eigenvalue weighted by Crippen LogP contribution is 2.21. The van der Waals surface area contributed by atoms with Crippen LogP contribution in [-0.4, -0.2) is 25.4 Å². The summed E-state index contributed by atoms with van der Waals surface area (Å²) in [5, 5.41) is 7.88. The molecule has 132 valence electrons. The van der Waals surface area contributed by atoms with E-state index in [0.717, 1.165) is 11.1 Å². The van der Waals surface area contributed by atoms with Crippen molar-refractivity contribution in [2.45, 2.75) is 6.92 Å². The van der Waals surface area contributed by atoms with Gasteiger partial charge in [0.25, 0.3) is 0 Å². The predicted octanol–water partition coefficient (Wildman–Crippen LogP) is 3.87. The Balaban J connectivity index is 1.62. The van der Waals surface area contributed by atoms with Crippen LogP contribution in [0.3, 0.4) is 0 Å². The number of likely N-dealkylation sites (N-methyl/N-ethyl adjacent to an activating group) is 1. The fourth-order valence-corrected chi connectivity index (χ4v) is 2.76. The van der Waals surface area contributed by atoms with Crippen LogP contribution in [0.15, 0.2) is 66.7 Å². The molecule has 5 heteroatoms. The third-order valence-corrected chi connectivity index (χ3v) is 4.04. The Morgan fingerprint density at radius 1 is 0.846 bits per heavy atom. The molecule has 0 fully saturated rings. The third kappa shape index (κ3) is 4.39. The number of hydrogen-bond donors (Lipinski definition) is 2. The number of carbonyl (C=O) groups excluding carboxylic acids is 2. The molecule has 0 saturated carbocycles. The van der Waals surface area contributed by atoms with Gasteiger partial charge in [-0.1, -0.05) is 30.3 Å². The van der Waals surface area contributed by atoms with Gasteiger partial charge in [0.15, 0.2) is 0 Å². The maximum absolute atomic E-state index is 12.3. The molecule has 0 radical (unpaired) electrons. The van der Waals surface area contributed by atoms with Crippen molar-refractivity contribution in [2.75, 3.05) is 29.1 Å². The molecule has 0 aliphatic carbocycles. The van der Waals surface area contributed by atoms with Crippen LogP contribution in [0, 0.1) is 0 Å². The first-order chi connectivity index (χ1) is 12.5. The Labute approximate surface area is 152 Å². The molecule has 0 heterocycles. The van der Waals surface area contributed by atoms with Gasteiger partial charge in [0, 0.05) is 31.0 Å². The minimum Gasteiger partial charge on any atom is -0.365 e. The lowest BCUT2D eigenvalue weighted by Gasteiger charge is -2.19. The summed E-state index contributed by atoms with van der Waals surface area (Å²) >= 11 is 0. The van der Waals surface area contributed by atoms with E-state index >= 15 is 0 Å². The highest BCUT2D eigenvalue weighted by atomic mass is 16.2. The quantitative estimate of drug-likeness (QED) is 0.736. The smallest absolute Gasteiger partial charge is 0.243 e. The van der Waals surface area contributed by atoms with Crippen LogP contribution in [-0.2, 0) is 9.59 Å². The minimum absolute atomic E-state index is 0.104. The van der Waals surface area contributed by atoms with E-state index in [1.165, 1.54) is 12.3 Å². The van der Waals surface area contributed by atoms with Crippen molar-refractivity contribution >= 4 is 39.6 Å². The molecule has 26 heavy (non-hydrogen) atoms. The summed E-state index contributed by atoms with van der Waals surface area (Å²) < 4.78 is 0. The lowest BCUT2D eigenvalue weighted by atomic mass is 10.1. The number of benzene rings is 3. The monoisotopic (exact) mass is 347 g/mol. The standard InChI is InChI=1S/C21H21N3O2/c1-15(25)22-18-8-10-19(11-9-18)23-21(26)14-24(2)20-12-7-16-5-3-4-6-17(16)13-20/h3-13H,14H2,1-2H3,(H,22,25)(H,23,26). The van der Waals surface area contributed by atoms with Crippen LogP contribution < -0.4 is 15.5 Å². The number of fused-ring (bicyclic) bond motifs is 1. The van der Waals surface area contributed by atoms with Gasteiger partial charge in [-0.3, -0.25) is 9.59 Å². The largest absolute Gasteiger partial charge is 0.365 e. The fraction of sp³-hybridized carbons (Fsp3) is 0.143. The number of anilines is 3. The maximum Gasteiger partial charge on any atom is 0.243 e. The van der Waals surface area contributed by atoms with Gasteiger partial charge in [0.05, 0.1) is 6.54 Å². The van der Waals surface area contributed by atoms with Crippen molar-refractivity contribution in [3.63, 3.8) is 0 Å². The Hall–Kier alpha value is -3.34. The van der Waals surface area contributed by atoms with Crippen LogP contribution >= 0.6 is 0 Å². The number of hydrogen-bond acceptors (Lipinski definition) is 3. The van der Waals surface area contributed by atoms with Crippen molar-refractivity contribution in [3.05, 3.63) is 66.7 Å². The van der Waals surface area contributed by atoms with Gasteiger partial charge in [0.2, 0.25) is 11.8 Å². The molecule has 0 saturated heterocycles. The van der Waals surface area contributed by atoms with Gasteiger partial charge < -0.3 is 15.5 Å². The summed E-state index contributed by atoms with van der Waals surface area (Å²) in [7, 11) is 1.89. The second-order valence-electron chi connectivity index (χ2n) is 6.19. The SMILES string of the molecule is CC(=O)Nc1ccc(NC(=O)CN(C)c2ccc3ccccc3c2)cc1. The first-order valence-corrected chi connectivity index (χ1v) is 8.39. The van der Waals surface area contributed by atoms with Crippen LogP contribution in [0.1, 0.15) is 6.92 Å². The Morgan fingerprint density at radius 3 is 2.12 bits per heavy atom. The molecular formula is C21H21N3O2. The average Bonchev–Trinajstić information content (AvgIpc) is 2.62. The van der Waals surface area contributed by atoms with E-state index in [-0.39, 0.29) is 18.4 Å². The van der Waals surface area contributed by atoms with Gasteiger partial charge in [-0.25, -0.2) is 0 Å². The fourth-order valence-electron chi connectivity index (χ4n) is 2.76. The molecule has 3 aromatic rings. The van der Waals surface area contributed by atoms with E-state index < -0.39 is 0 Å². The van der Waals surface area contributed by atoms with Gasteiger partial charge in [0.1, 0.15) is 0 Å². The Kier molecular flexibility index (Phi) is 5.17. The van der Waals surface area contributed by atoms with Gasteiger partial charge in [-0.05, 0) is 47.2 Å². The summed E-state index contributed by atoms with van der Waals surface area (Å²) in [4.78, 5) is 25.2. The lowest BCUT2D eigenvalue weighted by Crippen LogP contribution is -2.30. The molecule has 0 aliphatic rings. The van der Waals surface area contributed by atoms with Crippen molar-refractivity contribution in [2.24, 2.45) is 0 Å². The highest BCUT2D eigenvalue weighted by Gasteiger charge is 2.09. The lowest BCUT2D eigenvalue weighted by molar-refractivity contribution is -0.115. The molecule has 0 unspecified atom stereocenters. The zero-order valence-electron chi connectivity index (χ0n) is 14.8. The van der Waals surface area contributed by atoms with Gasteiger partial charge in [-0.15, -0.1) is 0 Å². The summed E-state index contributed by atoms with van der Waals surface area (Å²) in [6.45, 7) is 1.70. The van der Waals surface area contributed by atoms with E-state index in [0.29, 0.717) is 11.4 Å². The van der Waals surface area contributed by atoms with Crippen molar-refractivity contribution in [1.29, 1.82) is 0 Å². The summed E-state index contributed by atoms with van der Waals surface area (Å²) in [6.07, 6.45) is 0. The molecule has 0 aliphatic heterocycles. The van der Waals surface area contributed by atoms with E-state index in [4.69, 9.17) is 0 Å². The number of carbonyl (C=O) groups is 2. The van der Waals surface area contributed by atoms with Crippen LogP contribution in [0.4, 0.5) is 17.1 Å². The van der Waals surface area contributed by atoms with Gasteiger partial charge in [-0.2, -0.15) is 0 Å². The van der Waals surface area contributed by atoms with Crippen LogP contribution in [0.2, 0.25) is 0 Å². The number of nitrogens with one attached hydrogen (secondary N) is 2. The summed E-state index contributed by atoms with van der Waals surface area (Å²) in [5.41, 5.74) is 2.37. The molecule has 0 atom stereocenters. The molecule has 5 nitrogen and oxygen atoms in total. The molecule has 3 aromatic carbocycles. The van der Waals surface area contributed by atoms with Crippen LogP contribution in [0.25, 0.3) is 10.8 Å². The van der Waals surface area contributed by atoms with E-state index in [1.54, 1.807) is 24.3 Å². The van der Waals surface area contributed by atoms with Crippen molar-refractivity contribution < 1.29 is 9.59 Å². The molecule has 0 spiro atoms. The van der Waals surface area contributed by atoms with Crippen LogP contribution in [0.5, 0.6) is 0 Å². The topological polar surface area (TPSA) is 61.4 Å². The molecule has 0 aromatic heterocycles. The number of nitrogens with zero attached hydrogens (tertiary/aromatic N) is 1. The molecule has 2 N–H and O–H groups in total.